The molecule has 2 aromatic rings. The van der Waals surface area contributed by atoms with E-state index in [4.69, 9.17) is 9.72 Å². The lowest BCUT2D eigenvalue weighted by molar-refractivity contribution is -0.160. The van der Waals surface area contributed by atoms with Crippen molar-refractivity contribution >= 4 is 34.4 Å². The number of esters is 1. The van der Waals surface area contributed by atoms with Gasteiger partial charge in [-0.2, -0.15) is 0 Å². The highest BCUT2D eigenvalue weighted by molar-refractivity contribution is 6.06. The average molecular weight is 494 g/mol. The minimum absolute atomic E-state index is 0.0200. The molecule has 0 spiro atoms. The molecular weight excluding hydrogens is 458 g/mol. The molecule has 10 nitrogen and oxygen atoms in total. The number of carbonyl (C=O) groups excluding carboxylic acids is 2. The highest BCUT2D eigenvalue weighted by Crippen LogP contribution is 2.51. The number of nitrogens with one attached hydrogen (secondary N) is 4. The average Bonchev–Trinajstić information content (AvgIpc) is 3.59. The van der Waals surface area contributed by atoms with Crippen LogP contribution >= 0.6 is 0 Å². The van der Waals surface area contributed by atoms with E-state index in [1.807, 2.05) is 23.1 Å². The largest absolute Gasteiger partial charge is 0.468 e. The van der Waals surface area contributed by atoms with Crippen LogP contribution in [0.15, 0.2) is 24.4 Å². The van der Waals surface area contributed by atoms with E-state index in [-0.39, 0.29) is 36.2 Å². The molecule has 4 aliphatic rings. The van der Waals surface area contributed by atoms with Crippen molar-refractivity contribution in [1.82, 2.24) is 25.7 Å². The van der Waals surface area contributed by atoms with E-state index in [0.717, 1.165) is 61.1 Å². The Bertz CT molecular complexity index is 1160. The number of anilines is 2. The summed E-state index contributed by atoms with van der Waals surface area (Å²) in [6.07, 6.45) is 8.78. The number of hydrogen-bond donors (Lipinski definition) is 4. The number of methoxy groups -OCH3 is 1. The molecule has 10 heteroatoms. The second-order valence-electron chi connectivity index (χ2n) is 10.9. The second-order valence-corrected chi connectivity index (χ2v) is 10.9. The molecule has 2 bridgehead atoms. The molecule has 5 heterocycles. The summed E-state index contributed by atoms with van der Waals surface area (Å²) in [7, 11) is 1.38. The number of piperidine rings is 2. The number of fused-ring (bicyclic) bond motifs is 3. The van der Waals surface area contributed by atoms with Gasteiger partial charge < -0.3 is 20.3 Å². The summed E-state index contributed by atoms with van der Waals surface area (Å²) in [5.74, 6) is 1.20. The Balaban J connectivity index is 1.22. The van der Waals surface area contributed by atoms with Crippen molar-refractivity contribution in [3.63, 3.8) is 0 Å². The summed E-state index contributed by atoms with van der Waals surface area (Å²) < 4.78 is 4.99. The first-order valence-electron chi connectivity index (χ1n) is 13.2. The van der Waals surface area contributed by atoms with Gasteiger partial charge in [0.2, 0.25) is 5.91 Å². The van der Waals surface area contributed by atoms with Crippen LogP contribution in [0.3, 0.4) is 0 Å². The third-order valence-electron chi connectivity index (χ3n) is 8.30. The highest BCUT2D eigenvalue weighted by Gasteiger charge is 2.61. The van der Waals surface area contributed by atoms with Gasteiger partial charge in [-0.3, -0.25) is 20.0 Å². The molecule has 192 valence electrons. The Kier molecular flexibility index (Phi) is 5.95. The number of ether oxygens (including phenoxy) is 1. The van der Waals surface area contributed by atoms with Crippen LogP contribution in [-0.4, -0.2) is 64.2 Å². The van der Waals surface area contributed by atoms with Crippen LogP contribution < -0.4 is 21.5 Å². The molecule has 36 heavy (non-hydrogen) atoms. The maximum atomic E-state index is 13.5. The van der Waals surface area contributed by atoms with Crippen molar-refractivity contribution < 1.29 is 14.3 Å². The van der Waals surface area contributed by atoms with E-state index < -0.39 is 5.41 Å². The van der Waals surface area contributed by atoms with E-state index >= 15 is 0 Å². The van der Waals surface area contributed by atoms with Crippen molar-refractivity contribution in [2.75, 3.05) is 17.7 Å². The van der Waals surface area contributed by atoms with E-state index in [9.17, 15) is 9.59 Å². The SMILES string of the molecule is COC(=O)C1(C(=O)N2[C@@H]3CCC[C@H]2CC(Nc2nc(NC4CC(C)NN4)cc4ncccc24)C3)CC1. The molecule has 0 aromatic carbocycles. The predicted molar refractivity (Wildman–Crippen MR) is 136 cm³/mol. The van der Waals surface area contributed by atoms with E-state index in [1.54, 1.807) is 6.20 Å². The third kappa shape index (κ3) is 4.16. The normalized spacial score (nSPS) is 30.6. The number of amides is 1. The Morgan fingerprint density at radius 1 is 1.14 bits per heavy atom. The quantitative estimate of drug-likeness (QED) is 0.355. The molecule has 4 N–H and O–H groups in total. The van der Waals surface area contributed by atoms with Crippen molar-refractivity contribution in [3.05, 3.63) is 24.4 Å². The fourth-order valence-corrected chi connectivity index (χ4v) is 6.34. The van der Waals surface area contributed by atoms with Gasteiger partial charge in [0.05, 0.1) is 18.8 Å². The lowest BCUT2D eigenvalue weighted by atomic mass is 9.80. The Morgan fingerprint density at radius 2 is 1.92 bits per heavy atom. The molecule has 1 saturated carbocycles. The molecule has 1 aliphatic carbocycles. The number of hydrazine groups is 1. The van der Waals surface area contributed by atoms with Gasteiger partial charge in [0.1, 0.15) is 17.1 Å². The van der Waals surface area contributed by atoms with Crippen molar-refractivity contribution in [2.24, 2.45) is 5.41 Å². The summed E-state index contributed by atoms with van der Waals surface area (Å²) in [5.41, 5.74) is 6.45. The standard InChI is InChI=1S/C26H35N7O3/c1-15-11-22(32-31-15)29-21-14-20-19(7-4-10-27-20)23(30-21)28-16-12-17-5-3-6-18(13-16)33(17)24(34)26(8-9-26)25(35)36-2/h4,7,10,14-18,22,31-32H,3,5-6,8-9,11-13H2,1-2H3,(H2,28,29,30)/t15?,16?,17-,18+,22?. The van der Waals surface area contributed by atoms with Crippen LogP contribution in [0.4, 0.5) is 11.6 Å². The number of carbonyl (C=O) groups is 2. The Labute approximate surface area is 210 Å². The minimum atomic E-state index is -0.938. The monoisotopic (exact) mass is 493 g/mol. The number of rotatable bonds is 6. The van der Waals surface area contributed by atoms with Gasteiger partial charge in [-0.1, -0.05) is 0 Å². The van der Waals surface area contributed by atoms with Gasteiger partial charge in [-0.25, -0.2) is 10.4 Å². The Morgan fingerprint density at radius 3 is 2.58 bits per heavy atom. The van der Waals surface area contributed by atoms with Gasteiger partial charge in [-0.05, 0) is 70.4 Å². The van der Waals surface area contributed by atoms with Crippen molar-refractivity contribution in [3.8, 4) is 0 Å². The lowest BCUT2D eigenvalue weighted by Gasteiger charge is -2.50. The highest BCUT2D eigenvalue weighted by atomic mass is 16.5. The van der Waals surface area contributed by atoms with Crippen LogP contribution in [-0.2, 0) is 14.3 Å². The fourth-order valence-electron chi connectivity index (χ4n) is 6.34. The van der Waals surface area contributed by atoms with Gasteiger partial charge in [-0.15, -0.1) is 0 Å². The van der Waals surface area contributed by atoms with E-state index in [0.29, 0.717) is 18.9 Å². The molecule has 6 rings (SSSR count). The first kappa shape index (κ1) is 23.4. The lowest BCUT2D eigenvalue weighted by Crippen LogP contribution is -2.59. The maximum Gasteiger partial charge on any atom is 0.321 e. The zero-order valence-electron chi connectivity index (χ0n) is 20.9. The molecule has 0 radical (unpaired) electrons. The van der Waals surface area contributed by atoms with Crippen LogP contribution in [0.5, 0.6) is 0 Å². The molecule has 5 atom stereocenters. The molecule has 3 saturated heterocycles. The van der Waals surface area contributed by atoms with Crippen molar-refractivity contribution in [1.29, 1.82) is 0 Å². The first-order chi connectivity index (χ1) is 17.5. The zero-order valence-corrected chi connectivity index (χ0v) is 20.9. The summed E-state index contributed by atoms with van der Waals surface area (Å²) in [6, 6.07) is 6.81. The summed E-state index contributed by atoms with van der Waals surface area (Å²) in [4.78, 5) is 37.5. The Hall–Kier alpha value is -2.98. The first-order valence-corrected chi connectivity index (χ1v) is 13.2. The number of hydrogen-bond acceptors (Lipinski definition) is 9. The van der Waals surface area contributed by atoms with Crippen LogP contribution in [0, 0.1) is 5.41 Å². The van der Waals surface area contributed by atoms with Crippen LogP contribution in [0.25, 0.3) is 10.9 Å². The molecule has 1 amide bonds. The number of aromatic nitrogens is 2. The summed E-state index contributed by atoms with van der Waals surface area (Å²) >= 11 is 0. The summed E-state index contributed by atoms with van der Waals surface area (Å²) in [5, 5.41) is 8.19. The summed E-state index contributed by atoms with van der Waals surface area (Å²) in [6.45, 7) is 2.14. The van der Waals surface area contributed by atoms with E-state index in [2.05, 4.69) is 33.4 Å². The second kappa shape index (κ2) is 9.15. The smallest absolute Gasteiger partial charge is 0.321 e. The predicted octanol–water partition coefficient (Wildman–Crippen LogP) is 2.53. The van der Waals surface area contributed by atoms with Crippen LogP contribution in [0.1, 0.15) is 58.3 Å². The van der Waals surface area contributed by atoms with Crippen molar-refractivity contribution in [2.45, 2.75) is 88.6 Å². The van der Waals surface area contributed by atoms with Gasteiger partial charge in [0, 0.05) is 41.8 Å². The van der Waals surface area contributed by atoms with Crippen LogP contribution in [0.2, 0.25) is 0 Å². The molecule has 4 fully saturated rings. The minimum Gasteiger partial charge on any atom is -0.468 e. The van der Waals surface area contributed by atoms with Gasteiger partial charge >= 0.3 is 5.97 Å². The number of pyridine rings is 2. The van der Waals surface area contributed by atoms with E-state index in [1.165, 1.54) is 7.11 Å². The third-order valence-corrected chi connectivity index (χ3v) is 8.30. The van der Waals surface area contributed by atoms with Gasteiger partial charge in [0.15, 0.2) is 0 Å². The molecule has 3 aliphatic heterocycles. The molecule has 2 aromatic heterocycles. The molecular formula is C26H35N7O3. The molecule has 3 unspecified atom stereocenters. The topological polar surface area (TPSA) is 121 Å². The zero-order chi connectivity index (χ0) is 24.9. The number of nitrogens with zero attached hydrogens (tertiary/aromatic N) is 3. The fraction of sp³-hybridized carbons (Fsp3) is 0.615. The van der Waals surface area contributed by atoms with Gasteiger partial charge in [0.25, 0.3) is 0 Å². The maximum absolute atomic E-state index is 13.5.